The van der Waals surface area contributed by atoms with Crippen LogP contribution in [-0.4, -0.2) is 19.7 Å². The first kappa shape index (κ1) is 17.0. The molecule has 0 spiro atoms. The monoisotopic (exact) mass is 329 g/mol. The molecule has 1 aromatic rings. The van der Waals surface area contributed by atoms with Crippen LogP contribution >= 0.6 is 0 Å². The highest BCUT2D eigenvalue weighted by atomic mass is 16.7. The number of non-ortho nitro benzene ring substituents is 1. The van der Waals surface area contributed by atoms with Gasteiger partial charge in [-0.2, -0.15) is 0 Å². The van der Waals surface area contributed by atoms with E-state index in [2.05, 4.69) is 0 Å². The van der Waals surface area contributed by atoms with E-state index in [-0.39, 0.29) is 5.69 Å². The largest absolute Gasteiger partial charge is 0.600 e. The lowest BCUT2D eigenvalue weighted by molar-refractivity contribution is -0.617. The molecule has 23 heavy (non-hydrogen) atoms. The van der Waals surface area contributed by atoms with Crippen molar-refractivity contribution >= 4 is 17.1 Å². The average molecular weight is 329 g/mol. The lowest BCUT2D eigenvalue weighted by atomic mass is 10.2. The zero-order valence-corrected chi connectivity index (χ0v) is 10.9. The average Bonchev–Trinajstić information content (AvgIpc) is 2.43. The maximum Gasteiger partial charge on any atom is 0.600 e. The molecule has 15 heteroatoms. The van der Waals surface area contributed by atoms with Crippen LogP contribution in [0.15, 0.2) is 29.8 Å². The molecule has 0 atom stereocenters. The molecule has 0 bridgehead atoms. The molecule has 0 aliphatic heterocycles. The fourth-order valence-corrected chi connectivity index (χ4v) is 1.34. The van der Waals surface area contributed by atoms with Crippen molar-refractivity contribution in [1.29, 1.82) is 0 Å². The summed E-state index contributed by atoms with van der Waals surface area (Å²) in [6.07, 6.45) is 0. The molecule has 0 saturated carbocycles. The molecular formula is C8H7N7O8. The van der Waals surface area contributed by atoms with Crippen molar-refractivity contribution in [2.75, 3.05) is 5.43 Å². The van der Waals surface area contributed by atoms with Gasteiger partial charge in [0.1, 0.15) is 15.5 Å². The Morgan fingerprint density at radius 1 is 0.957 bits per heavy atom. The first-order valence-electron chi connectivity index (χ1n) is 5.38. The van der Waals surface area contributed by atoms with Gasteiger partial charge in [-0.05, 0) is 6.07 Å². The Hall–Kier alpha value is -4.04. The third-order valence-electron chi connectivity index (χ3n) is 2.31. The molecule has 1 aromatic carbocycles. The number of anilines is 1. The molecule has 0 heterocycles. The van der Waals surface area contributed by atoms with Gasteiger partial charge < -0.3 is 5.73 Å². The molecule has 0 unspecified atom stereocenters. The lowest BCUT2D eigenvalue weighted by Gasteiger charge is -2.08. The van der Waals surface area contributed by atoms with Crippen molar-refractivity contribution in [2.45, 2.75) is 0 Å². The van der Waals surface area contributed by atoms with Gasteiger partial charge >= 0.3 is 11.5 Å². The molecule has 0 radical (unpaired) electrons. The first-order chi connectivity index (χ1) is 10.6. The van der Waals surface area contributed by atoms with Gasteiger partial charge in [0.15, 0.2) is 0 Å². The van der Waals surface area contributed by atoms with Crippen LogP contribution < -0.4 is 16.6 Å². The predicted octanol–water partition coefficient (Wildman–Crippen LogP) is 0.0582. The van der Waals surface area contributed by atoms with E-state index >= 15 is 0 Å². The van der Waals surface area contributed by atoms with Crippen molar-refractivity contribution < 1.29 is 19.7 Å². The van der Waals surface area contributed by atoms with E-state index in [0.717, 1.165) is 12.1 Å². The maximum absolute atomic E-state index is 10.8. The molecular weight excluding hydrogens is 322 g/mol. The summed E-state index contributed by atoms with van der Waals surface area (Å²) in [5.74, 6) is -2.60. The molecule has 4 N–H and O–H groups in total. The number of rotatable bonds is 7. The van der Waals surface area contributed by atoms with Gasteiger partial charge in [-0.3, -0.25) is 51.3 Å². The normalized spacial score (nSPS) is 9.57. The second-order valence-electron chi connectivity index (χ2n) is 3.72. The molecule has 0 aromatic heterocycles. The van der Waals surface area contributed by atoms with Crippen LogP contribution in [0, 0.1) is 40.5 Å². The van der Waals surface area contributed by atoms with Gasteiger partial charge in [-0.25, -0.2) is 0 Å². The Morgan fingerprint density at radius 3 is 1.96 bits per heavy atom. The Labute approximate surface area is 124 Å². The number of nitrogens with two attached hydrogens (primary N) is 1. The van der Waals surface area contributed by atoms with Crippen LogP contribution in [0.2, 0.25) is 0 Å². The zero-order valence-electron chi connectivity index (χ0n) is 10.9. The fourth-order valence-electron chi connectivity index (χ4n) is 1.34. The van der Waals surface area contributed by atoms with Crippen LogP contribution in [0.4, 0.5) is 17.1 Å². The van der Waals surface area contributed by atoms with Gasteiger partial charge in [0.25, 0.3) is 11.5 Å². The Morgan fingerprint density at radius 2 is 1.52 bits per heavy atom. The second-order valence-corrected chi connectivity index (χ2v) is 3.72. The van der Waals surface area contributed by atoms with Crippen molar-refractivity contribution in [3.8, 4) is 0 Å². The predicted molar refractivity (Wildman–Crippen MR) is 71.7 cm³/mol. The summed E-state index contributed by atoms with van der Waals surface area (Å²) >= 11 is 0. The number of hydrogen-bond acceptors (Lipinski definition) is 11. The van der Waals surface area contributed by atoms with E-state index in [4.69, 9.17) is 5.73 Å². The topological polar surface area (TPSA) is 223 Å². The van der Waals surface area contributed by atoms with E-state index in [1.807, 2.05) is 10.9 Å². The highest BCUT2D eigenvalue weighted by Gasteiger charge is 2.31. The van der Waals surface area contributed by atoms with E-state index < -0.39 is 42.7 Å². The summed E-state index contributed by atoms with van der Waals surface area (Å²) in [4.78, 5) is 37.8. The van der Waals surface area contributed by atoms with E-state index in [1.54, 1.807) is 0 Å². The highest BCUT2D eigenvalue weighted by Crippen LogP contribution is 2.28. The number of hydrogen-bond donors (Lipinski definition) is 3. The molecule has 0 saturated heterocycles. The van der Waals surface area contributed by atoms with Gasteiger partial charge in [0, 0.05) is 6.07 Å². The number of nitrogens with one attached hydrogen (secondary N) is 2. The summed E-state index contributed by atoms with van der Waals surface area (Å²) in [5.41, 5.74) is 7.35. The Bertz CT molecular complexity index is 713. The number of nitrogens with zero attached hydrogens (tertiary/aromatic N) is 4. The van der Waals surface area contributed by atoms with Crippen molar-refractivity contribution in [2.24, 2.45) is 5.73 Å². The number of hydrazine groups is 1. The first-order valence-corrected chi connectivity index (χ1v) is 5.38. The smallest absolute Gasteiger partial charge is 0.372 e. The summed E-state index contributed by atoms with van der Waals surface area (Å²) in [6, 6.07) is 2.47. The number of benzene rings is 1. The quantitative estimate of drug-likeness (QED) is 0.447. The minimum atomic E-state index is -1.58. The minimum absolute atomic E-state index is 0.352. The van der Waals surface area contributed by atoms with Crippen LogP contribution in [0.3, 0.4) is 0 Å². The third kappa shape index (κ3) is 3.97. The number of nitro groups is 4. The van der Waals surface area contributed by atoms with Crippen LogP contribution in [0.1, 0.15) is 0 Å². The molecule has 15 nitrogen and oxygen atoms in total. The fraction of sp³-hybridized carbons (Fsp3) is 0. The van der Waals surface area contributed by atoms with E-state index in [9.17, 15) is 40.5 Å². The highest BCUT2D eigenvalue weighted by molar-refractivity contribution is 5.64. The van der Waals surface area contributed by atoms with E-state index in [1.165, 1.54) is 0 Å². The summed E-state index contributed by atoms with van der Waals surface area (Å²) in [5, 5.41) is 42.3. The maximum atomic E-state index is 10.8. The summed E-state index contributed by atoms with van der Waals surface area (Å²) in [6.45, 7) is 0. The standard InChI is InChI=1S/C8H7N7O8/c9-7(8(14(20)21)15(22)23)11-10-5-2-1-4(12(16)17)3-6(5)13(18)19/h1-3,10-11H,9H2. The molecule has 0 aliphatic carbocycles. The second kappa shape index (κ2) is 6.61. The van der Waals surface area contributed by atoms with Crippen LogP contribution in [-0.2, 0) is 0 Å². The molecule has 1 rings (SSSR count). The zero-order chi connectivity index (χ0) is 17.7. The Balaban J connectivity index is 3.13. The van der Waals surface area contributed by atoms with Crippen molar-refractivity contribution in [3.63, 3.8) is 0 Å². The Kier molecular flexibility index (Phi) is 4.89. The molecule has 0 fully saturated rings. The summed E-state index contributed by atoms with van der Waals surface area (Å²) < 4.78 is 0. The minimum Gasteiger partial charge on any atom is -0.372 e. The lowest BCUT2D eigenvalue weighted by Crippen LogP contribution is -2.31. The van der Waals surface area contributed by atoms with Crippen molar-refractivity contribution in [1.82, 2.24) is 5.43 Å². The summed E-state index contributed by atoms with van der Waals surface area (Å²) in [7, 11) is 0. The van der Waals surface area contributed by atoms with Gasteiger partial charge in [0.05, 0.1) is 15.9 Å². The van der Waals surface area contributed by atoms with E-state index in [0.29, 0.717) is 6.07 Å². The molecule has 0 amide bonds. The van der Waals surface area contributed by atoms with Gasteiger partial charge in [-0.1, -0.05) is 0 Å². The molecule has 0 aliphatic rings. The number of nitro benzene ring substituents is 2. The van der Waals surface area contributed by atoms with Gasteiger partial charge in [-0.15, -0.1) is 0 Å². The molecule has 122 valence electrons. The van der Waals surface area contributed by atoms with Crippen molar-refractivity contribution in [3.05, 3.63) is 70.3 Å². The third-order valence-corrected chi connectivity index (χ3v) is 2.31. The SMILES string of the molecule is NC(NNc1ccc([N+](=O)[O-])cc1[N+](=O)[O-])=C([N+](=O)[O-])[N+](=O)[O-]. The van der Waals surface area contributed by atoms with Crippen LogP contribution in [0.5, 0.6) is 0 Å². The van der Waals surface area contributed by atoms with Gasteiger partial charge in [0.2, 0.25) is 0 Å². The van der Waals surface area contributed by atoms with Crippen LogP contribution in [0.25, 0.3) is 0 Å².